The summed E-state index contributed by atoms with van der Waals surface area (Å²) in [5, 5.41) is 0. The van der Waals surface area contributed by atoms with Gasteiger partial charge in [-0.25, -0.2) is 0 Å². The number of hydrogen-bond acceptors (Lipinski definition) is 3. The molecule has 3 heteroatoms. The molecule has 2 rings (SSSR count). The number of Topliss-reactive ketones (excluding diaryl/α,β-unsaturated/α-hetero) is 1. The number of benzene rings is 2. The molecule has 0 aromatic heterocycles. The Bertz CT molecular complexity index is 597. The molecule has 0 bridgehead atoms. The van der Waals surface area contributed by atoms with Crippen LogP contribution in [0.4, 0.5) is 0 Å². The van der Waals surface area contributed by atoms with Crippen molar-refractivity contribution in [2.75, 3.05) is 0 Å². The van der Waals surface area contributed by atoms with E-state index in [0.29, 0.717) is 16.9 Å². The van der Waals surface area contributed by atoms with Crippen LogP contribution in [-0.2, 0) is 0 Å². The zero-order chi connectivity index (χ0) is 14.5. The van der Waals surface area contributed by atoms with Gasteiger partial charge in [0, 0.05) is 11.1 Å². The van der Waals surface area contributed by atoms with Gasteiger partial charge in [0.25, 0.3) is 0 Å². The highest BCUT2D eigenvalue weighted by Gasteiger charge is 2.16. The van der Waals surface area contributed by atoms with Crippen molar-refractivity contribution in [3.63, 3.8) is 0 Å². The molecule has 0 spiro atoms. The fourth-order valence-electron chi connectivity index (χ4n) is 1.84. The third-order valence-corrected chi connectivity index (χ3v) is 3.03. The van der Waals surface area contributed by atoms with Gasteiger partial charge in [-0.05, 0) is 38.1 Å². The van der Waals surface area contributed by atoms with Crippen molar-refractivity contribution in [1.82, 2.24) is 0 Å². The highest BCUT2D eigenvalue weighted by atomic mass is 16.5. The maximum atomic E-state index is 12.2. The minimum absolute atomic E-state index is 0.0653. The number of hydrogen-bond donors (Lipinski definition) is 0. The smallest absolute Gasteiger partial charge is 0.202 e. The lowest BCUT2D eigenvalue weighted by Gasteiger charge is -2.14. The van der Waals surface area contributed by atoms with Crippen molar-refractivity contribution in [3.05, 3.63) is 65.2 Å². The summed E-state index contributed by atoms with van der Waals surface area (Å²) in [5.74, 6) is 0.507. The van der Waals surface area contributed by atoms with Crippen LogP contribution in [0.3, 0.4) is 0 Å². The van der Waals surface area contributed by atoms with Gasteiger partial charge in [0.1, 0.15) is 12.0 Å². The Morgan fingerprint density at radius 1 is 1.05 bits per heavy atom. The van der Waals surface area contributed by atoms with Crippen LogP contribution in [0, 0.1) is 6.92 Å². The highest BCUT2D eigenvalue weighted by molar-refractivity contribution is 5.99. The SMILES string of the molecule is Cc1ccc(C(=O)C(C)Oc2ccc(C=O)cc2)cc1. The van der Waals surface area contributed by atoms with E-state index in [1.165, 1.54) is 0 Å². The Morgan fingerprint density at radius 2 is 1.65 bits per heavy atom. The summed E-state index contributed by atoms with van der Waals surface area (Å²) in [7, 11) is 0. The summed E-state index contributed by atoms with van der Waals surface area (Å²) in [6.45, 7) is 3.69. The molecular weight excluding hydrogens is 252 g/mol. The quantitative estimate of drug-likeness (QED) is 0.616. The molecule has 3 nitrogen and oxygen atoms in total. The van der Waals surface area contributed by atoms with E-state index in [-0.39, 0.29) is 5.78 Å². The normalized spacial score (nSPS) is 11.7. The van der Waals surface area contributed by atoms with Crippen LogP contribution in [0.5, 0.6) is 5.75 Å². The second kappa shape index (κ2) is 6.15. The topological polar surface area (TPSA) is 43.4 Å². The number of rotatable bonds is 5. The molecule has 2 aromatic carbocycles. The molecule has 0 saturated carbocycles. The summed E-state index contributed by atoms with van der Waals surface area (Å²) in [5.41, 5.74) is 2.32. The largest absolute Gasteiger partial charge is 0.483 e. The Hall–Kier alpha value is -2.42. The van der Waals surface area contributed by atoms with Crippen LogP contribution >= 0.6 is 0 Å². The first-order valence-electron chi connectivity index (χ1n) is 6.43. The van der Waals surface area contributed by atoms with E-state index >= 15 is 0 Å². The fourth-order valence-corrected chi connectivity index (χ4v) is 1.84. The first-order chi connectivity index (χ1) is 9.60. The summed E-state index contributed by atoms with van der Waals surface area (Å²) in [6, 6.07) is 14.1. The van der Waals surface area contributed by atoms with Crippen LogP contribution in [-0.4, -0.2) is 18.2 Å². The van der Waals surface area contributed by atoms with Crippen molar-refractivity contribution in [3.8, 4) is 5.75 Å². The van der Waals surface area contributed by atoms with Gasteiger partial charge < -0.3 is 4.74 Å². The summed E-state index contributed by atoms with van der Waals surface area (Å²) in [6.07, 6.45) is 0.199. The molecule has 0 amide bonds. The zero-order valence-corrected chi connectivity index (χ0v) is 11.5. The van der Waals surface area contributed by atoms with E-state index in [1.807, 2.05) is 19.1 Å². The minimum atomic E-state index is -0.570. The van der Waals surface area contributed by atoms with Crippen LogP contribution in [0.2, 0.25) is 0 Å². The Kier molecular flexibility index (Phi) is 4.31. The van der Waals surface area contributed by atoms with Crippen LogP contribution in [0.15, 0.2) is 48.5 Å². The van der Waals surface area contributed by atoms with E-state index in [2.05, 4.69) is 0 Å². The number of aryl methyl sites for hydroxylation is 1. The zero-order valence-electron chi connectivity index (χ0n) is 11.5. The molecule has 0 aliphatic heterocycles. The number of aldehydes is 1. The monoisotopic (exact) mass is 268 g/mol. The van der Waals surface area contributed by atoms with Gasteiger partial charge >= 0.3 is 0 Å². The first kappa shape index (κ1) is 14.0. The van der Waals surface area contributed by atoms with Gasteiger partial charge in [-0.2, -0.15) is 0 Å². The summed E-state index contributed by atoms with van der Waals surface area (Å²) in [4.78, 5) is 22.8. The number of carbonyl (C=O) groups is 2. The van der Waals surface area contributed by atoms with E-state index in [9.17, 15) is 9.59 Å². The summed E-state index contributed by atoms with van der Waals surface area (Å²) >= 11 is 0. The average molecular weight is 268 g/mol. The number of ether oxygens (including phenoxy) is 1. The summed E-state index contributed by atoms with van der Waals surface area (Å²) < 4.78 is 5.59. The molecule has 0 aliphatic carbocycles. The fraction of sp³-hybridized carbons (Fsp3) is 0.176. The molecular formula is C17H16O3. The second-order valence-electron chi connectivity index (χ2n) is 4.68. The number of carbonyl (C=O) groups excluding carboxylic acids is 2. The van der Waals surface area contributed by atoms with Crippen molar-refractivity contribution in [2.24, 2.45) is 0 Å². The first-order valence-corrected chi connectivity index (χ1v) is 6.43. The maximum Gasteiger partial charge on any atom is 0.202 e. The Morgan fingerprint density at radius 3 is 2.20 bits per heavy atom. The molecule has 0 N–H and O–H groups in total. The van der Waals surface area contributed by atoms with Crippen LogP contribution in [0.25, 0.3) is 0 Å². The lowest BCUT2D eigenvalue weighted by Crippen LogP contribution is -2.23. The van der Waals surface area contributed by atoms with E-state index in [4.69, 9.17) is 4.74 Å². The van der Waals surface area contributed by atoms with Crippen molar-refractivity contribution in [1.29, 1.82) is 0 Å². The molecule has 1 unspecified atom stereocenters. The third kappa shape index (κ3) is 3.32. The lowest BCUT2D eigenvalue weighted by atomic mass is 10.1. The van der Waals surface area contributed by atoms with Gasteiger partial charge in [0.05, 0.1) is 0 Å². The highest BCUT2D eigenvalue weighted by Crippen LogP contribution is 2.15. The molecule has 1 atom stereocenters. The van der Waals surface area contributed by atoms with Crippen molar-refractivity contribution >= 4 is 12.1 Å². The van der Waals surface area contributed by atoms with Gasteiger partial charge in [-0.3, -0.25) is 9.59 Å². The molecule has 0 radical (unpaired) electrons. The maximum absolute atomic E-state index is 12.2. The minimum Gasteiger partial charge on any atom is -0.483 e. The van der Waals surface area contributed by atoms with Gasteiger partial charge in [0.15, 0.2) is 6.10 Å². The standard InChI is InChI=1S/C17H16O3/c1-12-3-7-15(8-4-12)17(19)13(2)20-16-9-5-14(11-18)6-10-16/h3-11,13H,1-2H3. The second-order valence-corrected chi connectivity index (χ2v) is 4.68. The third-order valence-electron chi connectivity index (χ3n) is 3.03. The lowest BCUT2D eigenvalue weighted by molar-refractivity contribution is 0.0818. The predicted octanol–water partition coefficient (Wildman–Crippen LogP) is 3.46. The van der Waals surface area contributed by atoms with E-state index < -0.39 is 6.10 Å². The molecule has 0 heterocycles. The van der Waals surface area contributed by atoms with Gasteiger partial charge in [-0.1, -0.05) is 29.8 Å². The molecule has 102 valence electrons. The van der Waals surface area contributed by atoms with Crippen LogP contribution < -0.4 is 4.74 Å². The van der Waals surface area contributed by atoms with E-state index in [0.717, 1.165) is 11.8 Å². The van der Waals surface area contributed by atoms with Crippen molar-refractivity contribution in [2.45, 2.75) is 20.0 Å². The number of ketones is 1. The molecule has 0 aliphatic rings. The molecule has 20 heavy (non-hydrogen) atoms. The Labute approximate surface area is 118 Å². The Balaban J connectivity index is 2.06. The van der Waals surface area contributed by atoms with Gasteiger partial charge in [-0.15, -0.1) is 0 Å². The van der Waals surface area contributed by atoms with Crippen LogP contribution in [0.1, 0.15) is 33.2 Å². The average Bonchev–Trinajstić information content (AvgIpc) is 2.48. The van der Waals surface area contributed by atoms with Gasteiger partial charge in [0.2, 0.25) is 5.78 Å². The molecule has 2 aromatic rings. The van der Waals surface area contributed by atoms with Crippen molar-refractivity contribution < 1.29 is 14.3 Å². The predicted molar refractivity (Wildman–Crippen MR) is 77.4 cm³/mol. The molecule has 0 fully saturated rings. The van der Waals surface area contributed by atoms with E-state index in [1.54, 1.807) is 43.3 Å². The molecule has 0 saturated heterocycles.